The van der Waals surface area contributed by atoms with Crippen molar-refractivity contribution in [3.63, 3.8) is 0 Å². The van der Waals surface area contributed by atoms with Crippen LogP contribution in [0, 0.1) is 0 Å². The SMILES string of the molecule is C1=C2CCC(=N2)/C=C2\CCC(=CC3=NC(CC3)C3CCC1=N3)N2. The van der Waals surface area contributed by atoms with Gasteiger partial charge < -0.3 is 5.32 Å². The van der Waals surface area contributed by atoms with Crippen molar-refractivity contribution in [1.29, 1.82) is 0 Å². The van der Waals surface area contributed by atoms with Gasteiger partial charge in [0.2, 0.25) is 0 Å². The summed E-state index contributed by atoms with van der Waals surface area (Å²) in [4.78, 5) is 14.7. The summed E-state index contributed by atoms with van der Waals surface area (Å²) in [5.41, 5.74) is 7.53. The van der Waals surface area contributed by atoms with Gasteiger partial charge in [0.05, 0.1) is 12.1 Å². The lowest BCUT2D eigenvalue weighted by atomic mass is 10.0. The summed E-state index contributed by atoms with van der Waals surface area (Å²) < 4.78 is 0. The molecule has 23 heavy (non-hydrogen) atoms. The van der Waals surface area contributed by atoms with Crippen molar-refractivity contribution >= 4 is 17.1 Å². The molecule has 5 aliphatic heterocycles. The van der Waals surface area contributed by atoms with Crippen molar-refractivity contribution in [2.24, 2.45) is 15.0 Å². The minimum absolute atomic E-state index is 0.387. The molecule has 1 fully saturated rings. The molecule has 118 valence electrons. The monoisotopic (exact) mass is 306 g/mol. The van der Waals surface area contributed by atoms with Crippen LogP contribution in [0.2, 0.25) is 0 Å². The van der Waals surface area contributed by atoms with E-state index >= 15 is 0 Å². The summed E-state index contributed by atoms with van der Waals surface area (Å²) >= 11 is 0. The van der Waals surface area contributed by atoms with E-state index < -0.39 is 0 Å². The van der Waals surface area contributed by atoms with E-state index in [2.05, 4.69) is 23.5 Å². The van der Waals surface area contributed by atoms with Crippen molar-refractivity contribution in [2.75, 3.05) is 0 Å². The Labute approximate surface area is 136 Å². The molecule has 1 N–H and O–H groups in total. The molecule has 0 spiro atoms. The molecule has 5 aliphatic rings. The van der Waals surface area contributed by atoms with Crippen molar-refractivity contribution < 1.29 is 0 Å². The predicted octanol–water partition coefficient (Wildman–Crippen LogP) is 3.48. The summed E-state index contributed by atoms with van der Waals surface area (Å²) in [7, 11) is 0. The number of rotatable bonds is 0. The normalized spacial score (nSPS) is 34.3. The molecule has 0 saturated carbocycles. The average molecular weight is 306 g/mol. The maximum absolute atomic E-state index is 4.97. The minimum Gasteiger partial charge on any atom is -0.362 e. The highest BCUT2D eigenvalue weighted by atomic mass is 15.0. The number of nitrogens with one attached hydrogen (secondary N) is 1. The number of aliphatic imine (C=N–C) groups is 3. The van der Waals surface area contributed by atoms with E-state index in [4.69, 9.17) is 15.0 Å². The van der Waals surface area contributed by atoms with Crippen LogP contribution in [0.4, 0.5) is 0 Å². The molecule has 2 unspecified atom stereocenters. The topological polar surface area (TPSA) is 49.1 Å². The molecular formula is C19H22N4. The van der Waals surface area contributed by atoms with Crippen LogP contribution in [0.15, 0.2) is 50.3 Å². The van der Waals surface area contributed by atoms with Crippen LogP contribution in [-0.4, -0.2) is 29.2 Å². The Hall–Kier alpha value is -1.97. The largest absolute Gasteiger partial charge is 0.362 e. The van der Waals surface area contributed by atoms with Crippen LogP contribution in [0.25, 0.3) is 0 Å². The zero-order valence-corrected chi connectivity index (χ0v) is 13.4. The Morgan fingerprint density at radius 3 is 2.09 bits per heavy atom. The molecule has 0 aliphatic carbocycles. The van der Waals surface area contributed by atoms with Gasteiger partial charge in [-0.05, 0) is 69.6 Å². The summed E-state index contributed by atoms with van der Waals surface area (Å²) in [5.74, 6) is 0. The number of hydrogen-bond acceptors (Lipinski definition) is 4. The molecule has 2 atom stereocenters. The Balaban J connectivity index is 1.55. The lowest BCUT2D eigenvalue weighted by Gasteiger charge is -2.11. The highest BCUT2D eigenvalue weighted by Crippen LogP contribution is 2.30. The van der Waals surface area contributed by atoms with Gasteiger partial charge in [-0.2, -0.15) is 0 Å². The highest BCUT2D eigenvalue weighted by Gasteiger charge is 2.29. The first kappa shape index (κ1) is 13.5. The van der Waals surface area contributed by atoms with Crippen LogP contribution >= 0.6 is 0 Å². The quantitative estimate of drug-likeness (QED) is 0.732. The lowest BCUT2D eigenvalue weighted by molar-refractivity contribution is 0.527. The Morgan fingerprint density at radius 1 is 0.696 bits per heavy atom. The molecule has 0 aromatic rings. The van der Waals surface area contributed by atoms with Gasteiger partial charge in [-0.15, -0.1) is 0 Å². The van der Waals surface area contributed by atoms with Crippen molar-refractivity contribution in [3.8, 4) is 0 Å². The van der Waals surface area contributed by atoms with E-state index in [1.54, 1.807) is 0 Å². The van der Waals surface area contributed by atoms with Crippen LogP contribution in [0.1, 0.15) is 51.4 Å². The first-order valence-corrected chi connectivity index (χ1v) is 8.91. The molecule has 4 heteroatoms. The van der Waals surface area contributed by atoms with Crippen molar-refractivity contribution in [1.82, 2.24) is 5.32 Å². The zero-order chi connectivity index (χ0) is 15.2. The van der Waals surface area contributed by atoms with Gasteiger partial charge in [0.15, 0.2) is 0 Å². The first-order valence-electron chi connectivity index (χ1n) is 8.91. The molecule has 1 saturated heterocycles. The van der Waals surface area contributed by atoms with Gasteiger partial charge in [0.1, 0.15) is 0 Å². The zero-order valence-electron chi connectivity index (χ0n) is 13.4. The summed E-state index contributed by atoms with van der Waals surface area (Å²) in [6.45, 7) is 0. The smallest absolute Gasteiger partial charge is 0.0730 e. The fourth-order valence-electron chi connectivity index (χ4n) is 4.22. The van der Waals surface area contributed by atoms with Gasteiger partial charge in [-0.3, -0.25) is 15.0 Å². The van der Waals surface area contributed by atoms with E-state index in [1.165, 1.54) is 34.2 Å². The number of nitrogens with zero attached hydrogens (tertiary/aromatic N) is 3. The maximum Gasteiger partial charge on any atom is 0.0730 e. The van der Waals surface area contributed by atoms with Gasteiger partial charge in [0, 0.05) is 34.2 Å². The predicted molar refractivity (Wildman–Crippen MR) is 94.2 cm³/mol. The molecule has 5 heterocycles. The molecule has 5 rings (SSSR count). The van der Waals surface area contributed by atoms with E-state index in [9.17, 15) is 0 Å². The second kappa shape index (κ2) is 5.29. The standard InChI is InChI=1S/C19H22N4/c1-3-14-10-16-5-7-18(22-16)19-8-6-17(23-19)11-15-4-2-13(21-15)9-12(1)20-14/h9-11,18-20H,1-8H2/b12-9+,14-10?,15-11?. The first-order chi connectivity index (χ1) is 11.3. The third kappa shape index (κ3) is 2.60. The fourth-order valence-corrected chi connectivity index (χ4v) is 4.22. The highest BCUT2D eigenvalue weighted by molar-refractivity contribution is 6.01. The average Bonchev–Trinajstić information content (AvgIpc) is 3.28. The second-order valence-electron chi connectivity index (χ2n) is 7.16. The fraction of sp³-hybridized carbons (Fsp3) is 0.526. The van der Waals surface area contributed by atoms with Gasteiger partial charge in [-0.25, -0.2) is 0 Å². The van der Waals surface area contributed by atoms with E-state index in [1.807, 2.05) is 0 Å². The maximum atomic E-state index is 4.97. The van der Waals surface area contributed by atoms with Crippen LogP contribution in [-0.2, 0) is 0 Å². The van der Waals surface area contributed by atoms with Crippen molar-refractivity contribution in [3.05, 3.63) is 35.3 Å². The summed E-state index contributed by atoms with van der Waals surface area (Å²) in [6, 6.07) is 0.778. The Bertz CT molecular complexity index is 732. The number of fused-ring (bicyclic) bond motifs is 6. The molecule has 0 radical (unpaired) electrons. The van der Waals surface area contributed by atoms with Gasteiger partial charge in [-0.1, -0.05) is 0 Å². The number of allylic oxidation sites excluding steroid dienone is 6. The lowest BCUT2D eigenvalue weighted by Crippen LogP contribution is -2.17. The molecule has 4 nitrogen and oxygen atoms in total. The summed E-state index contributed by atoms with van der Waals surface area (Å²) in [5, 5.41) is 3.57. The van der Waals surface area contributed by atoms with E-state index in [0.29, 0.717) is 12.1 Å². The Kier molecular flexibility index (Phi) is 3.10. The van der Waals surface area contributed by atoms with E-state index in [0.717, 1.165) is 51.4 Å². The van der Waals surface area contributed by atoms with Crippen LogP contribution in [0.3, 0.4) is 0 Å². The third-order valence-corrected chi connectivity index (χ3v) is 5.42. The minimum atomic E-state index is 0.387. The molecule has 0 aromatic heterocycles. The molecule has 0 aromatic carbocycles. The number of hydrogen-bond donors (Lipinski definition) is 1. The van der Waals surface area contributed by atoms with Gasteiger partial charge in [0.25, 0.3) is 0 Å². The molecular weight excluding hydrogens is 284 g/mol. The second-order valence-corrected chi connectivity index (χ2v) is 7.16. The molecule has 0 amide bonds. The van der Waals surface area contributed by atoms with Gasteiger partial charge >= 0.3 is 0 Å². The third-order valence-electron chi connectivity index (χ3n) is 5.42. The van der Waals surface area contributed by atoms with Crippen LogP contribution in [0.5, 0.6) is 0 Å². The molecule has 8 bridgehead atoms. The van der Waals surface area contributed by atoms with E-state index in [-0.39, 0.29) is 0 Å². The summed E-state index contributed by atoms with van der Waals surface area (Å²) in [6.07, 6.45) is 15.6. The van der Waals surface area contributed by atoms with Crippen LogP contribution < -0.4 is 5.32 Å². The Morgan fingerprint density at radius 2 is 1.35 bits per heavy atom. The van der Waals surface area contributed by atoms with Crippen molar-refractivity contribution in [2.45, 2.75) is 63.5 Å².